The lowest BCUT2D eigenvalue weighted by Gasteiger charge is -2.39. The monoisotopic (exact) mass is 406 g/mol. The van der Waals surface area contributed by atoms with E-state index in [1.807, 2.05) is 0 Å². The number of ether oxygens (including phenoxy) is 2. The van der Waals surface area contributed by atoms with Gasteiger partial charge in [0.05, 0.1) is 6.61 Å². The maximum atomic E-state index is 10.1. The Kier molecular flexibility index (Phi) is 6.26. The van der Waals surface area contributed by atoms with Crippen molar-refractivity contribution in [3.63, 3.8) is 0 Å². The Balaban J connectivity index is 1.79. The number of aliphatic hydroxyl groups excluding tert-OH is 4. The predicted octanol–water partition coefficient (Wildman–Crippen LogP) is 0.152. The molecule has 2 aromatic carbocycles. The average Bonchev–Trinajstić information content (AvgIpc) is 2.68. The van der Waals surface area contributed by atoms with Gasteiger partial charge in [-0.2, -0.15) is 0 Å². The van der Waals surface area contributed by atoms with Gasteiger partial charge < -0.3 is 45.2 Å². The van der Waals surface area contributed by atoms with Crippen molar-refractivity contribution < 1.29 is 45.2 Å². The van der Waals surface area contributed by atoms with Gasteiger partial charge in [-0.15, -0.1) is 0 Å². The van der Waals surface area contributed by atoms with Gasteiger partial charge in [0, 0.05) is 6.07 Å². The molecule has 7 N–H and O–H groups in total. The van der Waals surface area contributed by atoms with Crippen molar-refractivity contribution in [2.24, 2.45) is 0 Å². The molecule has 0 amide bonds. The van der Waals surface area contributed by atoms with E-state index in [4.69, 9.17) is 9.47 Å². The number of hydrogen-bond acceptors (Lipinski definition) is 9. The second-order valence-corrected chi connectivity index (χ2v) is 6.66. The minimum absolute atomic E-state index is 0.0600. The van der Waals surface area contributed by atoms with Crippen molar-refractivity contribution in [2.75, 3.05) is 6.61 Å². The van der Waals surface area contributed by atoms with E-state index in [0.29, 0.717) is 11.1 Å². The Morgan fingerprint density at radius 2 is 1.48 bits per heavy atom. The van der Waals surface area contributed by atoms with Crippen LogP contribution in [-0.2, 0) is 4.74 Å². The maximum Gasteiger partial charge on any atom is 0.229 e. The Labute approximate surface area is 165 Å². The van der Waals surface area contributed by atoms with Crippen molar-refractivity contribution in [1.29, 1.82) is 0 Å². The Bertz CT molecular complexity index is 860. The van der Waals surface area contributed by atoms with Crippen LogP contribution in [0.3, 0.4) is 0 Å². The van der Waals surface area contributed by atoms with Gasteiger partial charge in [0.1, 0.15) is 35.9 Å². The summed E-state index contributed by atoms with van der Waals surface area (Å²) < 4.78 is 10.7. The first-order chi connectivity index (χ1) is 13.8. The zero-order valence-corrected chi connectivity index (χ0v) is 15.2. The van der Waals surface area contributed by atoms with Crippen LogP contribution in [0, 0.1) is 0 Å². The highest BCUT2D eigenvalue weighted by Crippen LogP contribution is 2.32. The molecule has 1 aliphatic rings. The lowest BCUT2D eigenvalue weighted by Crippen LogP contribution is -2.60. The zero-order valence-electron chi connectivity index (χ0n) is 15.2. The summed E-state index contributed by atoms with van der Waals surface area (Å²) in [4.78, 5) is 0. The first-order valence-corrected chi connectivity index (χ1v) is 8.80. The largest absolute Gasteiger partial charge is 0.508 e. The molecule has 29 heavy (non-hydrogen) atoms. The molecule has 5 atom stereocenters. The molecule has 9 nitrogen and oxygen atoms in total. The molecule has 1 heterocycles. The van der Waals surface area contributed by atoms with Crippen molar-refractivity contribution in [3.8, 4) is 23.0 Å². The normalized spacial score (nSPS) is 27.2. The fraction of sp³-hybridized carbons (Fsp3) is 0.300. The molecule has 2 aromatic rings. The molecule has 0 radical (unpaired) electrons. The number of aliphatic hydroxyl groups is 4. The number of aromatic hydroxyl groups is 3. The molecule has 0 spiro atoms. The molecule has 9 heteroatoms. The van der Waals surface area contributed by atoms with E-state index in [0.717, 1.165) is 0 Å². The van der Waals surface area contributed by atoms with Crippen LogP contribution in [-0.4, -0.2) is 73.1 Å². The van der Waals surface area contributed by atoms with Crippen LogP contribution in [0.5, 0.6) is 23.0 Å². The summed E-state index contributed by atoms with van der Waals surface area (Å²) in [5, 5.41) is 68.0. The fourth-order valence-corrected chi connectivity index (χ4v) is 2.93. The van der Waals surface area contributed by atoms with Crippen LogP contribution >= 0.6 is 0 Å². The summed E-state index contributed by atoms with van der Waals surface area (Å²) in [5.74, 6) is -0.506. The topological polar surface area (TPSA) is 160 Å². The van der Waals surface area contributed by atoms with Gasteiger partial charge in [-0.05, 0) is 35.4 Å². The van der Waals surface area contributed by atoms with E-state index < -0.39 is 37.3 Å². The smallest absolute Gasteiger partial charge is 0.229 e. The molecule has 1 aliphatic heterocycles. The quantitative estimate of drug-likeness (QED) is 0.343. The summed E-state index contributed by atoms with van der Waals surface area (Å²) in [6.45, 7) is -0.601. The molecule has 0 aromatic heterocycles. The first-order valence-electron chi connectivity index (χ1n) is 8.80. The minimum atomic E-state index is -1.61. The molecule has 3 rings (SSSR count). The van der Waals surface area contributed by atoms with Crippen LogP contribution in [0.2, 0.25) is 0 Å². The summed E-state index contributed by atoms with van der Waals surface area (Å²) in [7, 11) is 0. The molecule has 0 saturated carbocycles. The van der Waals surface area contributed by atoms with E-state index in [-0.39, 0.29) is 23.0 Å². The van der Waals surface area contributed by atoms with Crippen molar-refractivity contribution in [1.82, 2.24) is 0 Å². The van der Waals surface area contributed by atoms with E-state index >= 15 is 0 Å². The van der Waals surface area contributed by atoms with Crippen molar-refractivity contribution in [3.05, 3.63) is 47.5 Å². The fourth-order valence-electron chi connectivity index (χ4n) is 2.93. The van der Waals surface area contributed by atoms with E-state index in [2.05, 4.69) is 0 Å². The van der Waals surface area contributed by atoms with Gasteiger partial charge in [0.25, 0.3) is 0 Å². The van der Waals surface area contributed by atoms with E-state index in [1.54, 1.807) is 18.2 Å². The number of phenols is 3. The summed E-state index contributed by atoms with van der Waals surface area (Å²) in [6.07, 6.45) is -4.05. The molecule has 0 bridgehead atoms. The van der Waals surface area contributed by atoms with E-state index in [9.17, 15) is 35.7 Å². The maximum absolute atomic E-state index is 10.1. The highest BCUT2D eigenvalue weighted by atomic mass is 16.7. The molecular formula is C20H22O9. The molecular weight excluding hydrogens is 384 g/mol. The third-order valence-corrected chi connectivity index (χ3v) is 4.47. The van der Waals surface area contributed by atoms with Gasteiger partial charge in [-0.3, -0.25) is 0 Å². The minimum Gasteiger partial charge on any atom is -0.508 e. The Morgan fingerprint density at radius 1 is 0.828 bits per heavy atom. The van der Waals surface area contributed by atoms with Gasteiger partial charge >= 0.3 is 0 Å². The van der Waals surface area contributed by atoms with Crippen LogP contribution in [0.15, 0.2) is 36.4 Å². The van der Waals surface area contributed by atoms with Crippen LogP contribution in [0.25, 0.3) is 12.2 Å². The number of phenolic OH excluding ortho intramolecular Hbond substituents is 3. The molecule has 156 valence electrons. The second-order valence-electron chi connectivity index (χ2n) is 6.66. The van der Waals surface area contributed by atoms with Crippen molar-refractivity contribution in [2.45, 2.75) is 30.7 Å². The van der Waals surface area contributed by atoms with Crippen LogP contribution in [0.4, 0.5) is 0 Å². The number of benzene rings is 2. The first kappa shape index (κ1) is 20.9. The van der Waals surface area contributed by atoms with Crippen molar-refractivity contribution >= 4 is 12.2 Å². The lowest BCUT2D eigenvalue weighted by molar-refractivity contribution is -0.277. The van der Waals surface area contributed by atoms with Gasteiger partial charge in [-0.25, -0.2) is 0 Å². The number of hydrogen-bond donors (Lipinski definition) is 7. The summed E-state index contributed by atoms with van der Waals surface area (Å²) >= 11 is 0. The highest BCUT2D eigenvalue weighted by molar-refractivity contribution is 5.72. The predicted molar refractivity (Wildman–Crippen MR) is 101 cm³/mol. The van der Waals surface area contributed by atoms with E-state index in [1.165, 1.54) is 30.3 Å². The van der Waals surface area contributed by atoms with Gasteiger partial charge in [0.2, 0.25) is 6.29 Å². The van der Waals surface area contributed by atoms with Crippen LogP contribution in [0.1, 0.15) is 11.1 Å². The van der Waals surface area contributed by atoms with Gasteiger partial charge in [-0.1, -0.05) is 18.2 Å². The Morgan fingerprint density at radius 3 is 2.14 bits per heavy atom. The molecule has 5 unspecified atom stereocenters. The van der Waals surface area contributed by atoms with Gasteiger partial charge in [0.15, 0.2) is 11.5 Å². The second kappa shape index (κ2) is 8.68. The average molecular weight is 406 g/mol. The summed E-state index contributed by atoms with van der Waals surface area (Å²) in [5.41, 5.74) is 1.11. The number of rotatable bonds is 5. The lowest BCUT2D eigenvalue weighted by atomic mass is 9.99. The Hall–Kier alpha value is -2.82. The highest BCUT2D eigenvalue weighted by Gasteiger charge is 2.44. The van der Waals surface area contributed by atoms with Crippen LogP contribution < -0.4 is 4.74 Å². The molecule has 1 fully saturated rings. The molecule has 0 aliphatic carbocycles. The SMILES string of the molecule is OCC1OC(Oc2cc(C=Cc3cc(O)cc(O)c3)ccc2O)C(O)C(O)C1O. The molecule has 1 saturated heterocycles. The third-order valence-electron chi connectivity index (χ3n) is 4.47. The standard InChI is InChI=1S/C20H22O9/c21-9-16-17(25)18(26)19(27)20(29-16)28-15-7-10(3-4-14(15)24)1-2-11-5-12(22)8-13(23)6-11/h1-8,16-27H,9H2. The zero-order chi connectivity index (χ0) is 21.1. The summed E-state index contributed by atoms with van der Waals surface area (Å²) in [6, 6.07) is 8.46. The third kappa shape index (κ3) is 4.78.